The standard InChI is InChI=1S/C20H21N3O2S/c1-10-4-7-14-16(8-10)26-19-17(14)18(21-12(3)22-19)23-15-9-13(20(24)25)6-5-11(15)2/h5-6,9-10H,4,7-8H2,1-3H3,(H,24,25)(H,21,22,23). The molecule has 5 nitrogen and oxygen atoms in total. The van der Waals surface area contributed by atoms with Gasteiger partial charge in [-0.15, -0.1) is 11.3 Å². The highest BCUT2D eigenvalue weighted by molar-refractivity contribution is 7.19. The molecule has 0 saturated carbocycles. The molecule has 1 atom stereocenters. The van der Waals surface area contributed by atoms with Gasteiger partial charge in [-0.3, -0.25) is 0 Å². The average Bonchev–Trinajstić information content (AvgIpc) is 2.93. The number of thiophene rings is 1. The minimum Gasteiger partial charge on any atom is -0.478 e. The predicted molar refractivity (Wildman–Crippen MR) is 105 cm³/mol. The van der Waals surface area contributed by atoms with Crippen molar-refractivity contribution in [3.05, 3.63) is 45.6 Å². The third kappa shape index (κ3) is 2.94. The lowest BCUT2D eigenvalue weighted by Crippen LogP contribution is -2.09. The van der Waals surface area contributed by atoms with E-state index in [0.717, 1.165) is 46.0 Å². The summed E-state index contributed by atoms with van der Waals surface area (Å²) in [7, 11) is 0. The number of carbonyl (C=O) groups is 1. The third-order valence-corrected chi connectivity index (χ3v) is 6.15. The number of anilines is 2. The normalized spacial score (nSPS) is 16.5. The number of rotatable bonds is 3. The van der Waals surface area contributed by atoms with Gasteiger partial charge in [-0.2, -0.15) is 0 Å². The van der Waals surface area contributed by atoms with Crippen LogP contribution in [0, 0.1) is 19.8 Å². The summed E-state index contributed by atoms with van der Waals surface area (Å²) in [6.07, 6.45) is 3.33. The summed E-state index contributed by atoms with van der Waals surface area (Å²) in [5.41, 5.74) is 3.38. The maximum atomic E-state index is 11.3. The summed E-state index contributed by atoms with van der Waals surface area (Å²) in [6, 6.07) is 5.11. The van der Waals surface area contributed by atoms with Crippen LogP contribution in [0.4, 0.5) is 11.5 Å². The molecule has 0 spiro atoms. The Morgan fingerprint density at radius 3 is 2.88 bits per heavy atom. The molecule has 1 aromatic carbocycles. The lowest BCUT2D eigenvalue weighted by Gasteiger charge is -2.18. The van der Waals surface area contributed by atoms with Crippen molar-refractivity contribution in [1.82, 2.24) is 9.97 Å². The highest BCUT2D eigenvalue weighted by Crippen LogP contribution is 2.40. The summed E-state index contributed by atoms with van der Waals surface area (Å²) >= 11 is 1.77. The van der Waals surface area contributed by atoms with Gasteiger partial charge >= 0.3 is 5.97 Å². The summed E-state index contributed by atoms with van der Waals surface area (Å²) in [5, 5.41) is 13.8. The second-order valence-corrected chi connectivity index (χ2v) is 8.19. The molecule has 0 aliphatic heterocycles. The number of hydrogen-bond donors (Lipinski definition) is 2. The smallest absolute Gasteiger partial charge is 0.335 e. The molecule has 2 N–H and O–H groups in total. The molecule has 1 aliphatic carbocycles. The summed E-state index contributed by atoms with van der Waals surface area (Å²) < 4.78 is 0. The van der Waals surface area contributed by atoms with E-state index < -0.39 is 5.97 Å². The van der Waals surface area contributed by atoms with E-state index in [1.807, 2.05) is 19.9 Å². The number of aromatic nitrogens is 2. The number of carboxylic acid groups (broad SMARTS) is 1. The van der Waals surface area contributed by atoms with Crippen LogP contribution in [0.3, 0.4) is 0 Å². The van der Waals surface area contributed by atoms with Gasteiger partial charge in [0.2, 0.25) is 0 Å². The van der Waals surface area contributed by atoms with Crippen LogP contribution in [-0.4, -0.2) is 21.0 Å². The molecule has 0 fully saturated rings. The Balaban J connectivity index is 1.84. The Bertz CT molecular complexity index is 1030. The van der Waals surface area contributed by atoms with Gasteiger partial charge < -0.3 is 10.4 Å². The fourth-order valence-corrected chi connectivity index (χ4v) is 4.98. The third-order valence-electron chi connectivity index (χ3n) is 5.00. The molecule has 0 saturated heterocycles. The van der Waals surface area contributed by atoms with E-state index >= 15 is 0 Å². The zero-order chi connectivity index (χ0) is 18.4. The van der Waals surface area contributed by atoms with E-state index in [0.29, 0.717) is 5.92 Å². The van der Waals surface area contributed by atoms with Crippen molar-refractivity contribution in [2.45, 2.75) is 40.0 Å². The van der Waals surface area contributed by atoms with Crippen molar-refractivity contribution in [1.29, 1.82) is 0 Å². The van der Waals surface area contributed by atoms with E-state index in [1.165, 1.54) is 16.9 Å². The summed E-state index contributed by atoms with van der Waals surface area (Å²) in [4.78, 5) is 23.0. The SMILES string of the molecule is Cc1nc(Nc2cc(C(=O)O)ccc2C)c2c3c(sc2n1)CC(C)CC3. The molecule has 0 bridgehead atoms. The maximum Gasteiger partial charge on any atom is 0.335 e. The van der Waals surface area contributed by atoms with Gasteiger partial charge in [0.15, 0.2) is 0 Å². The molecule has 2 heterocycles. The van der Waals surface area contributed by atoms with Gasteiger partial charge in [-0.25, -0.2) is 14.8 Å². The fraction of sp³-hybridized carbons (Fsp3) is 0.350. The Labute approximate surface area is 156 Å². The Morgan fingerprint density at radius 2 is 2.12 bits per heavy atom. The molecule has 26 heavy (non-hydrogen) atoms. The first kappa shape index (κ1) is 17.0. The molecule has 1 unspecified atom stereocenters. The number of nitrogens with one attached hydrogen (secondary N) is 1. The van der Waals surface area contributed by atoms with Crippen molar-refractivity contribution in [2.24, 2.45) is 5.92 Å². The molecular weight excluding hydrogens is 346 g/mol. The van der Waals surface area contributed by atoms with Crippen LogP contribution in [0.25, 0.3) is 10.2 Å². The van der Waals surface area contributed by atoms with Crippen LogP contribution in [0.5, 0.6) is 0 Å². The number of fused-ring (bicyclic) bond motifs is 3. The molecular formula is C20H21N3O2S. The van der Waals surface area contributed by atoms with Crippen molar-refractivity contribution in [2.75, 3.05) is 5.32 Å². The predicted octanol–water partition coefficient (Wildman–Crippen LogP) is 4.87. The van der Waals surface area contributed by atoms with Gasteiger partial charge in [0.25, 0.3) is 0 Å². The molecule has 4 rings (SSSR count). The second kappa shape index (κ2) is 6.36. The van der Waals surface area contributed by atoms with Gasteiger partial charge in [-0.05, 0) is 62.3 Å². The van der Waals surface area contributed by atoms with Gasteiger partial charge in [-0.1, -0.05) is 13.0 Å². The van der Waals surface area contributed by atoms with Crippen molar-refractivity contribution >= 4 is 39.0 Å². The topological polar surface area (TPSA) is 75.1 Å². The highest BCUT2D eigenvalue weighted by Gasteiger charge is 2.24. The summed E-state index contributed by atoms with van der Waals surface area (Å²) in [5.74, 6) is 1.28. The van der Waals surface area contributed by atoms with Gasteiger partial charge in [0.05, 0.1) is 10.9 Å². The zero-order valence-electron chi connectivity index (χ0n) is 15.1. The van der Waals surface area contributed by atoms with E-state index in [1.54, 1.807) is 23.5 Å². The number of aryl methyl sites for hydroxylation is 3. The quantitative estimate of drug-likeness (QED) is 0.690. The van der Waals surface area contributed by atoms with E-state index in [9.17, 15) is 9.90 Å². The highest BCUT2D eigenvalue weighted by atomic mass is 32.1. The van der Waals surface area contributed by atoms with Crippen LogP contribution in [0.15, 0.2) is 18.2 Å². The summed E-state index contributed by atoms with van der Waals surface area (Å²) in [6.45, 7) is 6.15. The number of hydrogen-bond acceptors (Lipinski definition) is 5. The zero-order valence-corrected chi connectivity index (χ0v) is 15.9. The Morgan fingerprint density at radius 1 is 1.31 bits per heavy atom. The Kier molecular flexibility index (Phi) is 4.15. The molecule has 0 amide bonds. The number of nitrogens with zero attached hydrogens (tertiary/aromatic N) is 2. The lowest BCUT2D eigenvalue weighted by molar-refractivity contribution is 0.0697. The number of carboxylic acids is 1. The molecule has 0 radical (unpaired) electrons. The van der Waals surface area contributed by atoms with Crippen molar-refractivity contribution in [3.63, 3.8) is 0 Å². The largest absolute Gasteiger partial charge is 0.478 e. The van der Waals surface area contributed by atoms with Gasteiger partial charge in [0.1, 0.15) is 16.5 Å². The van der Waals surface area contributed by atoms with E-state index in [4.69, 9.17) is 0 Å². The molecule has 1 aliphatic rings. The molecule has 134 valence electrons. The number of benzene rings is 1. The Hall–Kier alpha value is -2.47. The van der Waals surface area contributed by atoms with E-state index in [2.05, 4.69) is 22.2 Å². The van der Waals surface area contributed by atoms with Crippen molar-refractivity contribution < 1.29 is 9.90 Å². The van der Waals surface area contributed by atoms with Crippen LogP contribution >= 0.6 is 11.3 Å². The minimum absolute atomic E-state index is 0.265. The molecule has 6 heteroatoms. The molecule has 2 aromatic heterocycles. The number of aromatic carboxylic acids is 1. The van der Waals surface area contributed by atoms with Crippen LogP contribution in [0.1, 0.15) is 45.5 Å². The van der Waals surface area contributed by atoms with E-state index in [-0.39, 0.29) is 5.56 Å². The lowest BCUT2D eigenvalue weighted by atomic mass is 9.89. The second-order valence-electron chi connectivity index (χ2n) is 7.11. The first-order chi connectivity index (χ1) is 12.4. The fourth-order valence-electron chi connectivity index (χ4n) is 3.56. The van der Waals surface area contributed by atoms with Crippen LogP contribution < -0.4 is 5.32 Å². The first-order valence-corrected chi connectivity index (χ1v) is 9.64. The average molecular weight is 367 g/mol. The monoisotopic (exact) mass is 367 g/mol. The minimum atomic E-state index is -0.932. The first-order valence-electron chi connectivity index (χ1n) is 8.82. The maximum absolute atomic E-state index is 11.3. The molecule has 3 aromatic rings. The van der Waals surface area contributed by atoms with Crippen molar-refractivity contribution in [3.8, 4) is 0 Å². The van der Waals surface area contributed by atoms with Crippen LogP contribution in [0.2, 0.25) is 0 Å². The van der Waals surface area contributed by atoms with Crippen LogP contribution in [-0.2, 0) is 12.8 Å². The van der Waals surface area contributed by atoms with Gasteiger partial charge in [0, 0.05) is 10.6 Å².